The lowest BCUT2D eigenvalue weighted by molar-refractivity contribution is -0.182. The summed E-state index contributed by atoms with van der Waals surface area (Å²) in [4.78, 5) is 67.7. The second-order valence-corrected chi connectivity index (χ2v) is 15.7. The van der Waals surface area contributed by atoms with Crippen molar-refractivity contribution in [1.29, 1.82) is 0 Å². The van der Waals surface area contributed by atoms with Crippen LogP contribution in [0.5, 0.6) is 5.75 Å². The standard InChI is InChI=1S/C48H55N5O8S/c1-4-26-60-48-35(30-43(55)51-42(28-32-13-7-5-8-14-32)47(59)52-40(25-27-62-3)45(57)49-2)21-24-37(61-48)31-50-46(58)41(29-33-19-22-36(54)23-20-33)53-44(56)39-18-12-11-17-38(39)34-15-9-6-10-16-34/h4-24,35,37,40-42,48,54H,1,25-31H2,2-3H3,(H,49,57)(H,50,58)(H,51,55)(H,52,59)(H,53,56)/t35-,37+,40+,41-,42+,48+/m1/s1. The zero-order valence-corrected chi connectivity index (χ0v) is 35.8. The fourth-order valence-electron chi connectivity index (χ4n) is 6.95. The molecule has 0 saturated heterocycles. The largest absolute Gasteiger partial charge is 0.508 e. The zero-order valence-electron chi connectivity index (χ0n) is 35.0. The number of hydrogen-bond donors (Lipinski definition) is 6. The lowest BCUT2D eigenvalue weighted by Crippen LogP contribution is -2.54. The van der Waals surface area contributed by atoms with Gasteiger partial charge in [0.2, 0.25) is 23.6 Å². The maximum Gasteiger partial charge on any atom is 0.252 e. The normalized spacial score (nSPS) is 17.1. The molecule has 0 spiro atoms. The van der Waals surface area contributed by atoms with Crippen LogP contribution in [0.4, 0.5) is 0 Å². The molecule has 5 amide bonds. The van der Waals surface area contributed by atoms with Gasteiger partial charge in [0.15, 0.2) is 6.29 Å². The number of thioether (sulfide) groups is 1. The number of carbonyl (C=O) groups excluding carboxylic acids is 5. The van der Waals surface area contributed by atoms with Crippen molar-refractivity contribution in [2.24, 2.45) is 5.92 Å². The molecule has 5 rings (SSSR count). The Hall–Kier alpha value is -6.22. The van der Waals surface area contributed by atoms with Crippen LogP contribution < -0.4 is 26.6 Å². The molecule has 0 bridgehead atoms. The number of benzene rings is 4. The number of aromatic hydroxyl groups is 1. The Balaban J connectivity index is 1.27. The van der Waals surface area contributed by atoms with Crippen molar-refractivity contribution >= 4 is 41.3 Å². The number of phenols is 1. The molecule has 13 nitrogen and oxygen atoms in total. The predicted octanol–water partition coefficient (Wildman–Crippen LogP) is 4.72. The number of carbonyl (C=O) groups is 5. The molecule has 326 valence electrons. The SMILES string of the molecule is C=CCO[C@H]1O[C@H](CNC(=O)[C@@H](Cc2ccc(O)cc2)NC(=O)c2ccccc2-c2ccccc2)C=C[C@@H]1CC(=O)N[C@@H](Cc1ccccc1)C(=O)N[C@@H](CCSC)C(=O)NC. The molecular weight excluding hydrogens is 807 g/mol. The third-order valence-electron chi connectivity index (χ3n) is 10.2. The van der Waals surface area contributed by atoms with Gasteiger partial charge in [-0.25, -0.2) is 0 Å². The number of likely N-dealkylation sites (N-methyl/N-ethyl adjacent to an activating group) is 1. The van der Waals surface area contributed by atoms with E-state index in [0.717, 1.165) is 22.3 Å². The van der Waals surface area contributed by atoms with Gasteiger partial charge in [-0.05, 0) is 58.9 Å². The summed E-state index contributed by atoms with van der Waals surface area (Å²) in [6, 6.07) is 29.6. The average molecular weight is 862 g/mol. The van der Waals surface area contributed by atoms with Crippen molar-refractivity contribution in [2.75, 3.05) is 32.2 Å². The van der Waals surface area contributed by atoms with E-state index in [-0.39, 0.29) is 44.1 Å². The number of ether oxygens (including phenoxy) is 2. The Bertz CT molecular complexity index is 2140. The summed E-state index contributed by atoms with van der Waals surface area (Å²) in [5.74, 6) is -1.96. The molecule has 6 atom stereocenters. The maximum absolute atomic E-state index is 13.9. The Labute approximate surface area is 367 Å². The van der Waals surface area contributed by atoms with Crippen LogP contribution in [0.25, 0.3) is 11.1 Å². The minimum absolute atomic E-state index is 0.0209. The van der Waals surface area contributed by atoms with Crippen molar-refractivity contribution < 1.29 is 38.6 Å². The molecule has 1 aliphatic rings. The van der Waals surface area contributed by atoms with Crippen LogP contribution in [0.3, 0.4) is 0 Å². The molecule has 4 aromatic rings. The van der Waals surface area contributed by atoms with Crippen LogP contribution in [0.2, 0.25) is 0 Å². The Morgan fingerprint density at radius 3 is 2.10 bits per heavy atom. The quantitative estimate of drug-likeness (QED) is 0.0610. The molecule has 0 aromatic heterocycles. The van der Waals surface area contributed by atoms with Crippen molar-refractivity contribution in [1.82, 2.24) is 26.6 Å². The van der Waals surface area contributed by atoms with Gasteiger partial charge in [0.25, 0.3) is 5.91 Å². The van der Waals surface area contributed by atoms with Crippen LogP contribution in [0.1, 0.15) is 34.3 Å². The van der Waals surface area contributed by atoms with E-state index >= 15 is 0 Å². The fraction of sp³-hybridized carbons (Fsp3) is 0.312. The highest BCUT2D eigenvalue weighted by Gasteiger charge is 2.33. The highest BCUT2D eigenvalue weighted by atomic mass is 32.2. The number of amides is 5. The number of phenolic OH excluding ortho intramolecular Hbond substituents is 1. The first-order chi connectivity index (χ1) is 30.1. The molecule has 1 aliphatic heterocycles. The summed E-state index contributed by atoms with van der Waals surface area (Å²) in [6.45, 7) is 3.88. The summed E-state index contributed by atoms with van der Waals surface area (Å²) in [7, 11) is 1.51. The highest BCUT2D eigenvalue weighted by molar-refractivity contribution is 7.98. The number of rotatable bonds is 22. The van der Waals surface area contributed by atoms with Crippen LogP contribution in [0.15, 0.2) is 134 Å². The molecule has 14 heteroatoms. The van der Waals surface area contributed by atoms with Crippen LogP contribution in [-0.2, 0) is 41.5 Å². The molecule has 0 unspecified atom stereocenters. The van der Waals surface area contributed by atoms with E-state index in [1.54, 1.807) is 54.3 Å². The van der Waals surface area contributed by atoms with Gasteiger partial charge in [-0.15, -0.1) is 6.58 Å². The van der Waals surface area contributed by atoms with Gasteiger partial charge < -0.3 is 41.2 Å². The van der Waals surface area contributed by atoms with Crippen molar-refractivity contribution in [3.63, 3.8) is 0 Å². The summed E-state index contributed by atoms with van der Waals surface area (Å²) in [6.07, 6.45) is 6.12. The van der Waals surface area contributed by atoms with Gasteiger partial charge >= 0.3 is 0 Å². The zero-order chi connectivity index (χ0) is 44.3. The summed E-state index contributed by atoms with van der Waals surface area (Å²) >= 11 is 1.56. The van der Waals surface area contributed by atoms with E-state index in [4.69, 9.17) is 9.47 Å². The maximum atomic E-state index is 13.9. The molecule has 1 heterocycles. The van der Waals surface area contributed by atoms with Gasteiger partial charge in [-0.3, -0.25) is 24.0 Å². The van der Waals surface area contributed by atoms with Crippen LogP contribution in [-0.4, -0.2) is 97.4 Å². The molecule has 4 aromatic carbocycles. The second kappa shape index (κ2) is 24.3. The first-order valence-corrected chi connectivity index (χ1v) is 21.9. The lowest BCUT2D eigenvalue weighted by atomic mass is 9.98. The monoisotopic (exact) mass is 861 g/mol. The summed E-state index contributed by atoms with van der Waals surface area (Å²) < 4.78 is 12.2. The van der Waals surface area contributed by atoms with E-state index in [1.165, 1.54) is 19.2 Å². The van der Waals surface area contributed by atoms with E-state index in [9.17, 15) is 29.1 Å². The fourth-order valence-corrected chi connectivity index (χ4v) is 7.42. The average Bonchev–Trinajstić information content (AvgIpc) is 3.29. The number of hydrogen-bond acceptors (Lipinski definition) is 9. The third kappa shape index (κ3) is 14.2. The van der Waals surface area contributed by atoms with Crippen molar-refractivity contribution in [3.05, 3.63) is 151 Å². The molecule has 0 saturated carbocycles. The molecule has 0 radical (unpaired) electrons. The van der Waals surface area contributed by atoms with Gasteiger partial charge in [-0.2, -0.15) is 11.8 Å². The van der Waals surface area contributed by atoms with E-state index < -0.39 is 60.1 Å². The minimum Gasteiger partial charge on any atom is -0.508 e. The third-order valence-corrected chi connectivity index (χ3v) is 10.8. The van der Waals surface area contributed by atoms with Crippen molar-refractivity contribution in [2.45, 2.75) is 56.2 Å². The van der Waals surface area contributed by atoms with Crippen molar-refractivity contribution in [3.8, 4) is 16.9 Å². The Morgan fingerprint density at radius 2 is 1.42 bits per heavy atom. The van der Waals surface area contributed by atoms with Crippen LogP contribution >= 0.6 is 11.8 Å². The van der Waals surface area contributed by atoms with Gasteiger partial charge in [-0.1, -0.05) is 109 Å². The number of nitrogens with one attached hydrogen (secondary N) is 5. The second-order valence-electron chi connectivity index (χ2n) is 14.7. The van der Waals surface area contributed by atoms with Gasteiger partial charge in [0.1, 0.15) is 23.9 Å². The molecule has 0 aliphatic carbocycles. The van der Waals surface area contributed by atoms with E-state index in [2.05, 4.69) is 33.2 Å². The molecule has 6 N–H and O–H groups in total. The van der Waals surface area contributed by atoms with Gasteiger partial charge in [0, 0.05) is 44.3 Å². The van der Waals surface area contributed by atoms with E-state index in [1.807, 2.05) is 79.1 Å². The van der Waals surface area contributed by atoms with Gasteiger partial charge in [0.05, 0.1) is 12.7 Å². The minimum atomic E-state index is -0.995. The first-order valence-electron chi connectivity index (χ1n) is 20.5. The Kier molecular flexibility index (Phi) is 18.3. The first kappa shape index (κ1) is 46.8. The Morgan fingerprint density at radius 1 is 0.774 bits per heavy atom. The van der Waals surface area contributed by atoms with E-state index in [0.29, 0.717) is 17.7 Å². The smallest absolute Gasteiger partial charge is 0.252 e. The lowest BCUT2D eigenvalue weighted by Gasteiger charge is -2.32. The highest BCUT2D eigenvalue weighted by Crippen LogP contribution is 2.25. The van der Waals surface area contributed by atoms with Crippen LogP contribution in [0, 0.1) is 5.92 Å². The summed E-state index contributed by atoms with van der Waals surface area (Å²) in [5.41, 5.74) is 3.53. The predicted molar refractivity (Wildman–Crippen MR) is 241 cm³/mol. The molecule has 62 heavy (non-hydrogen) atoms. The topological polar surface area (TPSA) is 184 Å². The molecule has 0 fully saturated rings. The molecular formula is C48H55N5O8S. The summed E-state index contributed by atoms with van der Waals surface area (Å²) in [5, 5.41) is 24.0.